The number of hydrogen-bond acceptors (Lipinski definition) is 9. The number of hydrogen-bond donors (Lipinski definition) is 10. The van der Waals surface area contributed by atoms with E-state index in [0.717, 1.165) is 12.5 Å². The highest BCUT2D eigenvalue weighted by atomic mass is 16.4. The minimum absolute atomic E-state index is 0.0117. The van der Waals surface area contributed by atoms with Crippen LogP contribution in [0.15, 0.2) is 35.3 Å². The molecule has 0 saturated heterocycles. The van der Waals surface area contributed by atoms with E-state index in [1.807, 2.05) is 27.7 Å². The van der Waals surface area contributed by atoms with E-state index in [2.05, 4.69) is 26.3 Å². The zero-order valence-corrected chi connectivity index (χ0v) is 29.8. The summed E-state index contributed by atoms with van der Waals surface area (Å²) in [6.45, 7) is 10.2. The third kappa shape index (κ3) is 19.9. The van der Waals surface area contributed by atoms with Crippen LogP contribution >= 0.6 is 0 Å². The summed E-state index contributed by atoms with van der Waals surface area (Å²) in [6.07, 6.45) is 0.0243. The van der Waals surface area contributed by atoms with Crippen molar-refractivity contribution in [3.63, 3.8) is 0 Å². The third-order valence-corrected chi connectivity index (χ3v) is 6.99. The minimum Gasteiger partial charge on any atom is -0.481 e. The highest BCUT2D eigenvalue weighted by molar-refractivity contribution is 5.96. The number of nitrogens with two attached hydrogens (primary N) is 4. The molecule has 0 radical (unpaired) electrons. The Morgan fingerprint density at radius 3 is 1.60 bits per heavy atom. The van der Waals surface area contributed by atoms with E-state index in [1.54, 1.807) is 30.3 Å². The summed E-state index contributed by atoms with van der Waals surface area (Å²) in [4.78, 5) is 78.1. The Bertz CT molecular complexity index is 1270. The maximum Gasteiger partial charge on any atom is 0.300 e. The Morgan fingerprint density at radius 2 is 1.18 bits per heavy atom. The number of carbonyl (C=O) groups is 6. The lowest BCUT2D eigenvalue weighted by Crippen LogP contribution is -2.60. The van der Waals surface area contributed by atoms with E-state index >= 15 is 0 Å². The molecule has 0 saturated carbocycles. The minimum atomic E-state index is -1.38. The van der Waals surface area contributed by atoms with Gasteiger partial charge in [-0.1, -0.05) is 58.0 Å². The Hall–Kier alpha value is -4.77. The molecule has 17 heteroatoms. The molecule has 14 N–H and O–H groups in total. The number of carboxylic acid groups (broad SMARTS) is 1. The first-order valence-electron chi connectivity index (χ1n) is 16.5. The van der Waals surface area contributed by atoms with E-state index in [4.69, 9.17) is 32.8 Å². The second-order valence-corrected chi connectivity index (χ2v) is 12.8. The van der Waals surface area contributed by atoms with Crippen molar-refractivity contribution in [2.24, 2.45) is 39.8 Å². The molecule has 6 atom stereocenters. The molecule has 0 aliphatic carbocycles. The number of carbonyl (C=O) groups excluding carboxylic acids is 5. The van der Waals surface area contributed by atoms with E-state index < -0.39 is 71.8 Å². The van der Waals surface area contributed by atoms with Crippen LogP contribution in [0.3, 0.4) is 0 Å². The van der Waals surface area contributed by atoms with E-state index in [0.29, 0.717) is 13.0 Å². The fraction of sp³-hybridized carbons (Fsp3) is 0.606. The number of aliphatic imine (C=N–C) groups is 1. The van der Waals surface area contributed by atoms with Gasteiger partial charge in [0.15, 0.2) is 5.96 Å². The van der Waals surface area contributed by atoms with E-state index in [1.165, 1.54) is 6.92 Å². The maximum absolute atomic E-state index is 13.7. The fourth-order valence-electron chi connectivity index (χ4n) is 4.62. The van der Waals surface area contributed by atoms with Gasteiger partial charge in [0, 0.05) is 19.9 Å². The largest absolute Gasteiger partial charge is 0.481 e. The van der Waals surface area contributed by atoms with Gasteiger partial charge in [-0.25, -0.2) is 0 Å². The standard InChI is InChI=1S/C31H53N9O6.C2H4O2/c1-17(2)14-22(37-27(43)21(32)12-9-13-36-31(34)35)28(44)38-23(15-18(3)4)29(45)39-24(16-20-10-7-6-8-11-20)30(46)40-25(19(5)41)26(33)42;1-2(3)4/h6-8,10-11,17-19,21-25,41H,9,12-16,32H2,1-5H3,(H2,33,42)(H,37,43)(H,38,44)(H,39,45)(H,40,46)(H4,34,35,36);1H3,(H,3,4). The molecule has 0 heterocycles. The molecule has 0 bridgehead atoms. The average molecular weight is 708 g/mol. The second-order valence-electron chi connectivity index (χ2n) is 12.8. The van der Waals surface area contributed by atoms with Gasteiger partial charge < -0.3 is 54.4 Å². The van der Waals surface area contributed by atoms with E-state index in [-0.39, 0.29) is 43.5 Å². The van der Waals surface area contributed by atoms with Crippen LogP contribution in [-0.4, -0.2) is 94.5 Å². The molecule has 17 nitrogen and oxygen atoms in total. The van der Waals surface area contributed by atoms with Crippen LogP contribution < -0.4 is 44.2 Å². The van der Waals surface area contributed by atoms with Crippen LogP contribution in [-0.2, 0) is 35.2 Å². The molecule has 1 rings (SSSR count). The molecule has 6 unspecified atom stereocenters. The van der Waals surface area contributed by atoms with Gasteiger partial charge in [-0.2, -0.15) is 0 Å². The summed E-state index contributed by atoms with van der Waals surface area (Å²) in [5, 5.41) is 27.9. The van der Waals surface area contributed by atoms with Gasteiger partial charge in [-0.15, -0.1) is 0 Å². The maximum atomic E-state index is 13.7. The van der Waals surface area contributed by atoms with Gasteiger partial charge in [0.05, 0.1) is 12.1 Å². The zero-order valence-electron chi connectivity index (χ0n) is 29.8. The Labute approximate surface area is 293 Å². The normalized spacial score (nSPS) is 14.4. The van der Waals surface area contributed by atoms with Crippen molar-refractivity contribution in [3.05, 3.63) is 35.9 Å². The van der Waals surface area contributed by atoms with Gasteiger partial charge in [0.2, 0.25) is 29.5 Å². The molecule has 0 aliphatic heterocycles. The molecule has 0 fully saturated rings. The fourth-order valence-corrected chi connectivity index (χ4v) is 4.62. The van der Waals surface area contributed by atoms with Gasteiger partial charge in [-0.05, 0) is 50.0 Å². The predicted molar refractivity (Wildman–Crippen MR) is 189 cm³/mol. The van der Waals surface area contributed by atoms with E-state index in [9.17, 15) is 29.1 Å². The Balaban J connectivity index is 0.00000567. The van der Waals surface area contributed by atoms with Crippen LogP contribution in [0.2, 0.25) is 0 Å². The quantitative estimate of drug-likeness (QED) is 0.0427. The topological polar surface area (TPSA) is 307 Å². The molecule has 1 aromatic carbocycles. The zero-order chi connectivity index (χ0) is 38.6. The summed E-state index contributed by atoms with van der Waals surface area (Å²) < 4.78 is 0. The lowest BCUT2D eigenvalue weighted by molar-refractivity contribution is -0.135. The molecular formula is C33H57N9O8. The molecule has 282 valence electrons. The van der Waals surface area contributed by atoms with Crippen LogP contribution in [0.25, 0.3) is 0 Å². The monoisotopic (exact) mass is 707 g/mol. The molecule has 0 aromatic heterocycles. The molecule has 1 aromatic rings. The van der Waals surface area contributed by atoms with Crippen molar-refractivity contribution in [1.29, 1.82) is 0 Å². The Morgan fingerprint density at radius 1 is 0.740 bits per heavy atom. The van der Waals surface area contributed by atoms with Crippen molar-refractivity contribution >= 4 is 41.5 Å². The lowest BCUT2D eigenvalue weighted by atomic mass is 9.98. The number of nitrogens with one attached hydrogen (secondary N) is 4. The highest BCUT2D eigenvalue weighted by Crippen LogP contribution is 2.11. The van der Waals surface area contributed by atoms with Crippen LogP contribution in [0.5, 0.6) is 0 Å². The first-order valence-corrected chi connectivity index (χ1v) is 16.5. The van der Waals surface area contributed by atoms with Crippen LogP contribution in [0.1, 0.15) is 72.8 Å². The first kappa shape index (κ1) is 45.2. The van der Waals surface area contributed by atoms with Crippen molar-refractivity contribution < 1.29 is 39.0 Å². The summed E-state index contributed by atoms with van der Waals surface area (Å²) in [7, 11) is 0. The molecule has 0 spiro atoms. The number of aliphatic carboxylic acids is 1. The van der Waals surface area contributed by atoms with Crippen molar-refractivity contribution in [2.45, 2.75) is 110 Å². The highest BCUT2D eigenvalue weighted by Gasteiger charge is 2.33. The van der Waals surface area contributed by atoms with Crippen LogP contribution in [0.4, 0.5) is 0 Å². The third-order valence-electron chi connectivity index (χ3n) is 6.99. The molecular weight excluding hydrogens is 650 g/mol. The number of primary amides is 1. The number of carboxylic acids is 1. The van der Waals surface area contributed by atoms with Gasteiger partial charge >= 0.3 is 0 Å². The number of amides is 5. The summed E-state index contributed by atoms with van der Waals surface area (Å²) in [5.41, 5.74) is 22.8. The summed E-state index contributed by atoms with van der Waals surface area (Å²) in [5.74, 6) is -4.36. The molecule has 0 aliphatic rings. The first-order chi connectivity index (χ1) is 23.2. The Kier molecular flexibility index (Phi) is 21.3. The smallest absolute Gasteiger partial charge is 0.300 e. The summed E-state index contributed by atoms with van der Waals surface area (Å²) >= 11 is 0. The van der Waals surface area contributed by atoms with Crippen LogP contribution in [0, 0.1) is 11.8 Å². The lowest BCUT2D eigenvalue weighted by Gasteiger charge is -2.28. The predicted octanol–water partition coefficient (Wildman–Crippen LogP) is -1.40. The number of benzene rings is 1. The number of nitrogens with zero attached hydrogens (tertiary/aromatic N) is 1. The SMILES string of the molecule is CC(=O)O.CC(C)CC(NC(=O)C(N)CCCN=C(N)N)C(=O)NC(CC(C)C)C(=O)NC(Cc1ccccc1)C(=O)NC(C(N)=O)C(C)O. The van der Waals surface area contributed by atoms with Gasteiger partial charge in [0.25, 0.3) is 5.97 Å². The number of guanidine groups is 1. The number of aliphatic hydroxyl groups is 1. The summed E-state index contributed by atoms with van der Waals surface area (Å²) in [6, 6.07) is 3.37. The van der Waals surface area contributed by atoms with Gasteiger partial charge in [0.1, 0.15) is 24.2 Å². The van der Waals surface area contributed by atoms with Gasteiger partial charge in [-0.3, -0.25) is 33.8 Å². The second kappa shape index (κ2) is 23.6. The number of aliphatic hydroxyl groups excluding tert-OH is 1. The van der Waals surface area contributed by atoms with Crippen molar-refractivity contribution in [2.75, 3.05) is 6.54 Å². The van der Waals surface area contributed by atoms with Crippen molar-refractivity contribution in [1.82, 2.24) is 21.3 Å². The van der Waals surface area contributed by atoms with Crippen molar-refractivity contribution in [3.8, 4) is 0 Å². The molecule has 50 heavy (non-hydrogen) atoms. The number of rotatable bonds is 20. The average Bonchev–Trinajstić information content (AvgIpc) is 2.99. The molecule has 5 amide bonds.